The third kappa shape index (κ3) is 10.4. The Labute approximate surface area is 152 Å². The van der Waals surface area contributed by atoms with E-state index < -0.39 is 12.6 Å². The highest BCUT2D eigenvalue weighted by Gasteiger charge is 2.26. The second kappa shape index (κ2) is 10.7. The second-order valence-corrected chi connectivity index (χ2v) is 5.27. The summed E-state index contributed by atoms with van der Waals surface area (Å²) in [6.07, 6.45) is -5.04. The van der Waals surface area contributed by atoms with Gasteiger partial charge in [0.15, 0.2) is 5.96 Å². The highest BCUT2D eigenvalue weighted by molar-refractivity contribution is 14.0. The number of benzene rings is 1. The molecule has 0 atom stereocenters. The molecule has 0 radical (unpaired) electrons. The van der Waals surface area contributed by atoms with Gasteiger partial charge in [-0.1, -0.05) is 24.3 Å². The van der Waals surface area contributed by atoms with Crippen molar-refractivity contribution in [1.29, 1.82) is 0 Å². The van der Waals surface area contributed by atoms with Crippen LogP contribution in [0.5, 0.6) is 0 Å². The van der Waals surface area contributed by atoms with Gasteiger partial charge in [0, 0.05) is 26.7 Å². The Kier molecular flexibility index (Phi) is 10.2. The topological polar surface area (TPSA) is 39.7 Å². The molecule has 23 heavy (non-hydrogen) atoms. The third-order valence-electron chi connectivity index (χ3n) is 2.91. The van der Waals surface area contributed by atoms with Crippen LogP contribution in [0.2, 0.25) is 0 Å². The van der Waals surface area contributed by atoms with Crippen molar-refractivity contribution in [2.75, 3.05) is 27.7 Å². The van der Waals surface area contributed by atoms with Crippen molar-refractivity contribution in [1.82, 2.24) is 15.5 Å². The largest absolute Gasteiger partial charge is 0.390 e. The predicted octanol–water partition coefficient (Wildman–Crippen LogP) is 2.98. The molecule has 4 nitrogen and oxygen atoms in total. The molecule has 1 aromatic rings. The van der Waals surface area contributed by atoms with Crippen LogP contribution in [0.4, 0.5) is 13.2 Å². The summed E-state index contributed by atoms with van der Waals surface area (Å²) in [5, 5.41) is 5.64. The Bertz CT molecular complexity index is 473. The number of aliphatic imine (C=N–C) groups is 1. The Morgan fingerprint density at radius 1 is 1.09 bits per heavy atom. The van der Waals surface area contributed by atoms with Crippen LogP contribution in [0, 0.1) is 0 Å². The second-order valence-electron chi connectivity index (χ2n) is 5.27. The number of nitrogens with one attached hydrogen (secondary N) is 2. The van der Waals surface area contributed by atoms with Crippen molar-refractivity contribution in [3.8, 4) is 0 Å². The molecule has 8 heteroatoms. The fourth-order valence-electron chi connectivity index (χ4n) is 1.86. The van der Waals surface area contributed by atoms with Gasteiger partial charge in [-0.15, -0.1) is 24.0 Å². The molecule has 2 N–H and O–H groups in total. The van der Waals surface area contributed by atoms with E-state index in [-0.39, 0.29) is 30.5 Å². The fraction of sp³-hybridized carbons (Fsp3) is 0.533. The minimum Gasteiger partial charge on any atom is -0.356 e. The van der Waals surface area contributed by atoms with E-state index in [1.807, 2.05) is 38.4 Å². The smallest absolute Gasteiger partial charge is 0.356 e. The van der Waals surface area contributed by atoms with Gasteiger partial charge in [0.05, 0.1) is 6.42 Å². The SMILES string of the molecule is CN=C(NCCC(F)(F)F)NCc1ccc(CN(C)C)cc1.I. The van der Waals surface area contributed by atoms with Gasteiger partial charge in [0.1, 0.15) is 0 Å². The minimum absolute atomic E-state index is 0. The first-order valence-electron chi connectivity index (χ1n) is 7.04. The molecule has 0 saturated carbocycles. The molecular formula is C15H24F3IN4. The molecule has 1 rings (SSSR count). The zero-order valence-corrected chi connectivity index (χ0v) is 15.9. The number of hydrogen-bond donors (Lipinski definition) is 2. The first-order chi connectivity index (χ1) is 10.3. The van der Waals surface area contributed by atoms with E-state index >= 15 is 0 Å². The summed E-state index contributed by atoms with van der Waals surface area (Å²) in [6.45, 7) is 1.19. The number of hydrogen-bond acceptors (Lipinski definition) is 2. The highest BCUT2D eigenvalue weighted by Crippen LogP contribution is 2.18. The molecule has 0 amide bonds. The van der Waals surface area contributed by atoms with E-state index in [9.17, 15) is 13.2 Å². The van der Waals surface area contributed by atoms with Crippen molar-refractivity contribution in [3.05, 3.63) is 35.4 Å². The molecule has 1 aromatic carbocycles. The summed E-state index contributed by atoms with van der Waals surface area (Å²) in [7, 11) is 5.54. The molecule has 0 unspecified atom stereocenters. The van der Waals surface area contributed by atoms with Gasteiger partial charge >= 0.3 is 6.18 Å². The molecule has 132 valence electrons. The van der Waals surface area contributed by atoms with Crippen LogP contribution in [0.3, 0.4) is 0 Å². The summed E-state index contributed by atoms with van der Waals surface area (Å²) in [5.74, 6) is 0.363. The van der Waals surface area contributed by atoms with E-state index in [1.165, 1.54) is 12.6 Å². The van der Waals surface area contributed by atoms with E-state index in [1.54, 1.807) is 0 Å². The summed E-state index contributed by atoms with van der Waals surface area (Å²) < 4.78 is 36.3. The number of nitrogens with zero attached hydrogens (tertiary/aromatic N) is 2. The lowest BCUT2D eigenvalue weighted by molar-refractivity contribution is -0.132. The molecule has 0 aliphatic heterocycles. The van der Waals surface area contributed by atoms with Crippen molar-refractivity contribution >= 4 is 29.9 Å². The predicted molar refractivity (Wildman–Crippen MR) is 98.1 cm³/mol. The third-order valence-corrected chi connectivity index (χ3v) is 2.91. The van der Waals surface area contributed by atoms with Crippen LogP contribution >= 0.6 is 24.0 Å². The van der Waals surface area contributed by atoms with Crippen molar-refractivity contribution < 1.29 is 13.2 Å². The molecule has 0 fully saturated rings. The van der Waals surface area contributed by atoms with Crippen LogP contribution in [0.15, 0.2) is 29.3 Å². The lowest BCUT2D eigenvalue weighted by atomic mass is 10.1. The van der Waals surface area contributed by atoms with Gasteiger partial charge in [-0.25, -0.2) is 0 Å². The number of guanidine groups is 1. The van der Waals surface area contributed by atoms with Crippen molar-refractivity contribution in [2.45, 2.75) is 25.7 Å². The number of halogens is 4. The van der Waals surface area contributed by atoms with Gasteiger partial charge < -0.3 is 15.5 Å². The lowest BCUT2D eigenvalue weighted by Crippen LogP contribution is -2.38. The van der Waals surface area contributed by atoms with Gasteiger partial charge in [0.25, 0.3) is 0 Å². The quantitative estimate of drug-likeness (QED) is 0.403. The van der Waals surface area contributed by atoms with Crippen LogP contribution in [0.1, 0.15) is 17.5 Å². The van der Waals surface area contributed by atoms with E-state index in [0.717, 1.165) is 12.1 Å². The summed E-state index contributed by atoms with van der Waals surface area (Å²) in [4.78, 5) is 5.98. The van der Waals surface area contributed by atoms with E-state index in [0.29, 0.717) is 12.5 Å². The van der Waals surface area contributed by atoms with Crippen LogP contribution < -0.4 is 10.6 Å². The van der Waals surface area contributed by atoms with Crippen molar-refractivity contribution in [2.24, 2.45) is 4.99 Å². The maximum absolute atomic E-state index is 12.1. The standard InChI is InChI=1S/C15H23F3N4.HI/c1-19-14(20-9-8-15(16,17)18)21-10-12-4-6-13(7-5-12)11-22(2)3;/h4-7H,8-11H2,1-3H3,(H2,19,20,21);1H. The summed E-state index contributed by atoms with van der Waals surface area (Å²) >= 11 is 0. The van der Waals surface area contributed by atoms with Crippen LogP contribution in [-0.2, 0) is 13.1 Å². The Morgan fingerprint density at radius 2 is 1.65 bits per heavy atom. The average Bonchev–Trinajstić information content (AvgIpc) is 2.42. The van der Waals surface area contributed by atoms with Crippen LogP contribution in [-0.4, -0.2) is 44.7 Å². The molecule has 0 aliphatic rings. The van der Waals surface area contributed by atoms with Gasteiger partial charge in [-0.3, -0.25) is 4.99 Å². The Hall–Kier alpha value is -1.03. The molecule has 0 bridgehead atoms. The fourth-order valence-corrected chi connectivity index (χ4v) is 1.86. The van der Waals surface area contributed by atoms with Gasteiger partial charge in [-0.2, -0.15) is 13.2 Å². The Morgan fingerprint density at radius 3 is 2.13 bits per heavy atom. The first kappa shape index (κ1) is 22.0. The highest BCUT2D eigenvalue weighted by atomic mass is 127. The molecule has 0 aliphatic carbocycles. The lowest BCUT2D eigenvalue weighted by Gasteiger charge is -2.13. The molecule has 0 aromatic heterocycles. The van der Waals surface area contributed by atoms with E-state index in [4.69, 9.17) is 0 Å². The van der Waals surface area contributed by atoms with Gasteiger partial charge in [-0.05, 0) is 25.2 Å². The molecular weight excluding hydrogens is 420 g/mol. The summed E-state index contributed by atoms with van der Waals surface area (Å²) in [5.41, 5.74) is 2.25. The summed E-state index contributed by atoms with van der Waals surface area (Å²) in [6, 6.07) is 8.07. The van der Waals surface area contributed by atoms with Crippen LogP contribution in [0.25, 0.3) is 0 Å². The number of alkyl halides is 3. The minimum atomic E-state index is -4.16. The monoisotopic (exact) mass is 444 g/mol. The zero-order chi connectivity index (χ0) is 16.6. The van der Waals surface area contributed by atoms with Crippen molar-refractivity contribution in [3.63, 3.8) is 0 Å². The first-order valence-corrected chi connectivity index (χ1v) is 7.04. The number of rotatable bonds is 6. The molecule has 0 saturated heterocycles. The zero-order valence-electron chi connectivity index (χ0n) is 13.6. The molecule has 0 heterocycles. The molecule has 0 spiro atoms. The average molecular weight is 444 g/mol. The Balaban J connectivity index is 0.00000484. The maximum Gasteiger partial charge on any atom is 0.390 e. The van der Waals surface area contributed by atoms with Gasteiger partial charge in [0.2, 0.25) is 0 Å². The normalized spacial score (nSPS) is 12.0. The maximum atomic E-state index is 12.1. The van der Waals surface area contributed by atoms with E-state index in [2.05, 4.69) is 20.5 Å².